The number of carbonyl (C=O) groups is 2. The van der Waals surface area contributed by atoms with Gasteiger partial charge >= 0.3 is 11.9 Å². The molecule has 0 aliphatic heterocycles. The SMILES string of the molecule is CCCC(CCC)(CCC)CCCCCCCCC(C(=O)O)C(=O)O. The van der Waals surface area contributed by atoms with E-state index in [-0.39, 0.29) is 6.42 Å². The number of aliphatic carboxylic acids is 2. The summed E-state index contributed by atoms with van der Waals surface area (Å²) in [5.41, 5.74) is 0.550. The number of hydrogen-bond acceptors (Lipinski definition) is 2. The van der Waals surface area contributed by atoms with Crippen molar-refractivity contribution in [3.05, 3.63) is 0 Å². The first kappa shape index (κ1) is 23.9. The Labute approximate surface area is 154 Å². The lowest BCUT2D eigenvalue weighted by molar-refractivity contribution is -0.154. The van der Waals surface area contributed by atoms with Crippen LogP contribution in [0.2, 0.25) is 0 Å². The summed E-state index contributed by atoms with van der Waals surface area (Å²) in [6.45, 7) is 6.88. The fourth-order valence-corrected chi connectivity index (χ4v) is 4.25. The Morgan fingerprint density at radius 2 is 1.08 bits per heavy atom. The molecule has 0 aliphatic rings. The van der Waals surface area contributed by atoms with Crippen LogP contribution >= 0.6 is 0 Å². The number of carboxylic acid groups (broad SMARTS) is 2. The van der Waals surface area contributed by atoms with Gasteiger partial charge in [0.2, 0.25) is 0 Å². The molecule has 0 aromatic heterocycles. The van der Waals surface area contributed by atoms with Crippen LogP contribution in [0.15, 0.2) is 0 Å². The van der Waals surface area contributed by atoms with Gasteiger partial charge in [0.1, 0.15) is 0 Å². The second-order valence-corrected chi connectivity index (χ2v) is 7.64. The molecule has 4 nitrogen and oxygen atoms in total. The molecule has 2 N–H and O–H groups in total. The Bertz CT molecular complexity index is 334. The Morgan fingerprint density at radius 1 is 0.680 bits per heavy atom. The highest BCUT2D eigenvalue weighted by atomic mass is 16.4. The summed E-state index contributed by atoms with van der Waals surface area (Å²) in [7, 11) is 0. The fourth-order valence-electron chi connectivity index (χ4n) is 4.25. The minimum atomic E-state index is -1.24. The Hall–Kier alpha value is -1.06. The van der Waals surface area contributed by atoms with E-state index in [1.165, 1.54) is 64.2 Å². The summed E-state index contributed by atoms with van der Waals surface area (Å²) in [5.74, 6) is -3.67. The molecular weight excluding hydrogens is 316 g/mol. The van der Waals surface area contributed by atoms with Gasteiger partial charge in [-0.1, -0.05) is 78.6 Å². The van der Waals surface area contributed by atoms with E-state index in [0.29, 0.717) is 11.8 Å². The summed E-state index contributed by atoms with van der Waals surface area (Å²) in [6.07, 6.45) is 15.8. The van der Waals surface area contributed by atoms with E-state index < -0.39 is 17.9 Å². The number of hydrogen-bond donors (Lipinski definition) is 2. The van der Waals surface area contributed by atoms with Gasteiger partial charge in [0.25, 0.3) is 0 Å². The molecule has 0 heterocycles. The molecule has 4 heteroatoms. The number of unbranched alkanes of at least 4 members (excludes halogenated alkanes) is 5. The Balaban J connectivity index is 3.95. The number of carboxylic acids is 2. The van der Waals surface area contributed by atoms with Gasteiger partial charge in [0.05, 0.1) is 0 Å². The van der Waals surface area contributed by atoms with Crippen LogP contribution in [-0.4, -0.2) is 22.2 Å². The topological polar surface area (TPSA) is 74.6 Å². The smallest absolute Gasteiger partial charge is 0.317 e. The largest absolute Gasteiger partial charge is 0.481 e. The molecule has 0 aromatic carbocycles. The van der Waals surface area contributed by atoms with E-state index in [9.17, 15) is 9.59 Å². The van der Waals surface area contributed by atoms with E-state index in [4.69, 9.17) is 10.2 Å². The molecule has 0 radical (unpaired) electrons. The van der Waals surface area contributed by atoms with Gasteiger partial charge in [0, 0.05) is 0 Å². The van der Waals surface area contributed by atoms with E-state index in [1.807, 2.05) is 0 Å². The first-order valence-corrected chi connectivity index (χ1v) is 10.4. The van der Waals surface area contributed by atoms with Crippen LogP contribution in [0, 0.1) is 11.3 Å². The van der Waals surface area contributed by atoms with Crippen LogP contribution in [0.5, 0.6) is 0 Å². The van der Waals surface area contributed by atoms with Crippen LogP contribution in [0.25, 0.3) is 0 Å². The third kappa shape index (κ3) is 10.5. The van der Waals surface area contributed by atoms with Gasteiger partial charge in [-0.05, 0) is 37.5 Å². The van der Waals surface area contributed by atoms with Gasteiger partial charge in [-0.3, -0.25) is 9.59 Å². The molecular formula is C21H40O4. The normalized spacial score (nSPS) is 11.8. The summed E-state index contributed by atoms with van der Waals surface area (Å²) in [5, 5.41) is 17.7. The monoisotopic (exact) mass is 356 g/mol. The van der Waals surface area contributed by atoms with Crippen molar-refractivity contribution in [1.29, 1.82) is 0 Å². The molecule has 0 rings (SSSR count). The zero-order chi connectivity index (χ0) is 19.1. The summed E-state index contributed by atoms with van der Waals surface area (Å²) in [4.78, 5) is 21.6. The zero-order valence-corrected chi connectivity index (χ0v) is 16.7. The van der Waals surface area contributed by atoms with Crippen LogP contribution in [-0.2, 0) is 9.59 Å². The molecule has 0 unspecified atom stereocenters. The van der Waals surface area contributed by atoms with Crippen molar-refractivity contribution in [3.8, 4) is 0 Å². The molecule has 0 aliphatic carbocycles. The summed E-state index contributed by atoms with van der Waals surface area (Å²) in [6, 6.07) is 0. The molecule has 0 bridgehead atoms. The Kier molecular flexibility index (Phi) is 13.5. The van der Waals surface area contributed by atoms with Gasteiger partial charge in [-0.15, -0.1) is 0 Å². The second kappa shape index (κ2) is 14.1. The van der Waals surface area contributed by atoms with Gasteiger partial charge in [-0.25, -0.2) is 0 Å². The summed E-state index contributed by atoms with van der Waals surface area (Å²) < 4.78 is 0. The average Bonchev–Trinajstić information content (AvgIpc) is 2.53. The highest BCUT2D eigenvalue weighted by Gasteiger charge is 2.26. The Morgan fingerprint density at radius 3 is 1.48 bits per heavy atom. The van der Waals surface area contributed by atoms with Crippen LogP contribution in [0.1, 0.15) is 111 Å². The first-order valence-electron chi connectivity index (χ1n) is 10.4. The highest BCUT2D eigenvalue weighted by Crippen LogP contribution is 2.40. The van der Waals surface area contributed by atoms with Crippen LogP contribution in [0.4, 0.5) is 0 Å². The van der Waals surface area contributed by atoms with E-state index in [0.717, 1.165) is 12.8 Å². The molecule has 25 heavy (non-hydrogen) atoms. The van der Waals surface area contributed by atoms with E-state index >= 15 is 0 Å². The maximum Gasteiger partial charge on any atom is 0.317 e. The van der Waals surface area contributed by atoms with E-state index in [1.54, 1.807) is 0 Å². The average molecular weight is 357 g/mol. The van der Waals surface area contributed by atoms with Crippen molar-refractivity contribution < 1.29 is 19.8 Å². The second-order valence-electron chi connectivity index (χ2n) is 7.64. The lowest BCUT2D eigenvalue weighted by atomic mass is 9.72. The molecule has 0 saturated heterocycles. The van der Waals surface area contributed by atoms with Crippen LogP contribution < -0.4 is 0 Å². The summed E-state index contributed by atoms with van der Waals surface area (Å²) >= 11 is 0. The van der Waals surface area contributed by atoms with Crippen molar-refractivity contribution in [2.45, 2.75) is 111 Å². The molecule has 0 spiro atoms. The van der Waals surface area contributed by atoms with Crippen LogP contribution in [0.3, 0.4) is 0 Å². The predicted octanol–water partition coefficient (Wildman–Crippen LogP) is 6.28. The maximum absolute atomic E-state index is 10.8. The molecule has 0 fully saturated rings. The minimum absolute atomic E-state index is 0.247. The van der Waals surface area contributed by atoms with E-state index in [2.05, 4.69) is 20.8 Å². The van der Waals surface area contributed by atoms with Crippen molar-refractivity contribution in [2.24, 2.45) is 11.3 Å². The van der Waals surface area contributed by atoms with Gasteiger partial charge in [0.15, 0.2) is 5.92 Å². The highest BCUT2D eigenvalue weighted by molar-refractivity contribution is 5.92. The molecule has 0 amide bonds. The van der Waals surface area contributed by atoms with Gasteiger partial charge in [-0.2, -0.15) is 0 Å². The fraction of sp³-hybridized carbons (Fsp3) is 0.905. The zero-order valence-electron chi connectivity index (χ0n) is 16.7. The van der Waals surface area contributed by atoms with Crippen molar-refractivity contribution in [3.63, 3.8) is 0 Å². The lowest BCUT2D eigenvalue weighted by Gasteiger charge is -2.34. The van der Waals surface area contributed by atoms with Crippen molar-refractivity contribution in [1.82, 2.24) is 0 Å². The third-order valence-electron chi connectivity index (χ3n) is 5.39. The quantitative estimate of drug-likeness (QED) is 0.237. The van der Waals surface area contributed by atoms with Crippen molar-refractivity contribution in [2.75, 3.05) is 0 Å². The number of rotatable bonds is 17. The molecule has 0 saturated carbocycles. The molecule has 0 atom stereocenters. The third-order valence-corrected chi connectivity index (χ3v) is 5.39. The maximum atomic E-state index is 10.8. The molecule has 0 aromatic rings. The lowest BCUT2D eigenvalue weighted by Crippen LogP contribution is -2.23. The van der Waals surface area contributed by atoms with Gasteiger partial charge < -0.3 is 10.2 Å². The predicted molar refractivity (Wildman–Crippen MR) is 103 cm³/mol. The standard InChI is InChI=1S/C21H40O4/c1-4-14-21(15-5-2,16-6-3)17-12-10-8-7-9-11-13-18(19(22)23)20(24)25/h18H,4-17H2,1-3H3,(H,22,23)(H,24,25). The first-order chi connectivity index (χ1) is 11.9. The molecule has 148 valence electrons. The van der Waals surface area contributed by atoms with Crippen molar-refractivity contribution >= 4 is 11.9 Å². The minimum Gasteiger partial charge on any atom is -0.481 e.